The van der Waals surface area contributed by atoms with E-state index in [-0.39, 0.29) is 0 Å². The van der Waals surface area contributed by atoms with Crippen molar-refractivity contribution in [3.8, 4) is 0 Å². The predicted molar refractivity (Wildman–Crippen MR) is 104 cm³/mol. The highest BCUT2D eigenvalue weighted by molar-refractivity contribution is 9.10. The molecule has 1 aliphatic carbocycles. The lowest BCUT2D eigenvalue weighted by atomic mass is 9.92. The van der Waals surface area contributed by atoms with Gasteiger partial charge in [-0.2, -0.15) is 5.10 Å². The molecule has 25 heavy (non-hydrogen) atoms. The van der Waals surface area contributed by atoms with E-state index in [2.05, 4.69) is 91.8 Å². The molecular formula is C21H22BrN3. The van der Waals surface area contributed by atoms with Gasteiger partial charge in [-0.05, 0) is 42.5 Å². The average molecular weight is 396 g/mol. The fourth-order valence-electron chi connectivity index (χ4n) is 3.57. The monoisotopic (exact) mass is 395 g/mol. The molecule has 0 unspecified atom stereocenters. The van der Waals surface area contributed by atoms with Crippen molar-refractivity contribution >= 4 is 15.9 Å². The Kier molecular flexibility index (Phi) is 4.99. The summed E-state index contributed by atoms with van der Waals surface area (Å²) < 4.78 is 3.30. The molecule has 1 heterocycles. The maximum Gasteiger partial charge on any atom is 0.0662 e. The zero-order valence-corrected chi connectivity index (χ0v) is 15.7. The standard InChI is InChI=1S/C21H22BrN3/c22-18-11-9-16(10-12-18)13-23-20-7-4-8-21-19(20)14-24-25(21)15-17-5-2-1-3-6-17/h1-3,5-6,9-12,14,20,23H,4,7-8,13,15H2/t20-/m0/s1. The van der Waals surface area contributed by atoms with Gasteiger partial charge in [-0.1, -0.05) is 58.4 Å². The molecule has 0 radical (unpaired) electrons. The van der Waals surface area contributed by atoms with E-state index < -0.39 is 0 Å². The Hall–Kier alpha value is -1.91. The maximum absolute atomic E-state index is 4.68. The molecule has 0 fully saturated rings. The van der Waals surface area contributed by atoms with Gasteiger partial charge in [0, 0.05) is 28.3 Å². The van der Waals surface area contributed by atoms with E-state index in [1.165, 1.54) is 35.2 Å². The molecule has 0 spiro atoms. The van der Waals surface area contributed by atoms with Gasteiger partial charge in [-0.15, -0.1) is 0 Å². The van der Waals surface area contributed by atoms with E-state index >= 15 is 0 Å². The van der Waals surface area contributed by atoms with Crippen LogP contribution in [0.25, 0.3) is 0 Å². The van der Waals surface area contributed by atoms with Gasteiger partial charge in [0.15, 0.2) is 0 Å². The van der Waals surface area contributed by atoms with Crippen molar-refractivity contribution in [2.75, 3.05) is 0 Å². The van der Waals surface area contributed by atoms with E-state index in [4.69, 9.17) is 0 Å². The molecule has 0 amide bonds. The largest absolute Gasteiger partial charge is 0.306 e. The molecule has 0 saturated carbocycles. The third-order valence-corrected chi connectivity index (χ3v) is 5.43. The average Bonchev–Trinajstić information content (AvgIpc) is 3.06. The normalized spacial score (nSPS) is 16.6. The fourth-order valence-corrected chi connectivity index (χ4v) is 3.83. The van der Waals surface area contributed by atoms with Crippen LogP contribution in [0.1, 0.15) is 41.3 Å². The molecule has 4 heteroatoms. The number of benzene rings is 2. The molecule has 3 nitrogen and oxygen atoms in total. The Balaban J connectivity index is 1.47. The van der Waals surface area contributed by atoms with Gasteiger partial charge in [-0.3, -0.25) is 4.68 Å². The van der Waals surface area contributed by atoms with Crippen LogP contribution < -0.4 is 5.32 Å². The van der Waals surface area contributed by atoms with Crippen molar-refractivity contribution in [2.45, 2.75) is 38.4 Å². The lowest BCUT2D eigenvalue weighted by Gasteiger charge is -2.24. The van der Waals surface area contributed by atoms with E-state index in [1.54, 1.807) is 0 Å². The highest BCUT2D eigenvalue weighted by atomic mass is 79.9. The molecule has 3 aromatic rings. The Labute approximate surface area is 157 Å². The minimum atomic E-state index is 0.400. The van der Waals surface area contributed by atoms with Crippen LogP contribution in [-0.2, 0) is 19.5 Å². The van der Waals surface area contributed by atoms with Crippen molar-refractivity contribution in [1.82, 2.24) is 15.1 Å². The molecule has 4 rings (SSSR count). The summed E-state index contributed by atoms with van der Waals surface area (Å²) in [4.78, 5) is 0. The molecule has 0 bridgehead atoms. The van der Waals surface area contributed by atoms with Crippen LogP contribution in [0.15, 0.2) is 65.3 Å². The third-order valence-electron chi connectivity index (χ3n) is 4.90. The molecule has 0 saturated heterocycles. The first kappa shape index (κ1) is 16.6. The third kappa shape index (κ3) is 3.86. The maximum atomic E-state index is 4.68. The predicted octanol–water partition coefficient (Wildman–Crippen LogP) is 4.86. The van der Waals surface area contributed by atoms with Crippen LogP contribution in [0.2, 0.25) is 0 Å². The minimum absolute atomic E-state index is 0.400. The minimum Gasteiger partial charge on any atom is -0.306 e. The topological polar surface area (TPSA) is 29.9 Å². The highest BCUT2D eigenvalue weighted by Gasteiger charge is 2.23. The summed E-state index contributed by atoms with van der Waals surface area (Å²) in [5.41, 5.74) is 5.38. The number of rotatable bonds is 5. The molecule has 1 aliphatic rings. The van der Waals surface area contributed by atoms with Gasteiger partial charge in [0.2, 0.25) is 0 Å². The summed E-state index contributed by atoms with van der Waals surface area (Å²) in [6, 6.07) is 19.5. The van der Waals surface area contributed by atoms with Crippen LogP contribution in [0.5, 0.6) is 0 Å². The number of hydrogen-bond acceptors (Lipinski definition) is 2. The molecule has 2 aromatic carbocycles. The summed E-state index contributed by atoms with van der Waals surface area (Å²) in [5.74, 6) is 0. The van der Waals surface area contributed by atoms with E-state index in [9.17, 15) is 0 Å². The second-order valence-electron chi connectivity index (χ2n) is 6.64. The van der Waals surface area contributed by atoms with Gasteiger partial charge in [0.25, 0.3) is 0 Å². The van der Waals surface area contributed by atoms with E-state index in [1.807, 2.05) is 0 Å². The zero-order chi connectivity index (χ0) is 17.1. The van der Waals surface area contributed by atoms with Crippen LogP contribution in [-0.4, -0.2) is 9.78 Å². The highest BCUT2D eigenvalue weighted by Crippen LogP contribution is 2.30. The second kappa shape index (κ2) is 7.54. The van der Waals surface area contributed by atoms with Gasteiger partial charge in [-0.25, -0.2) is 0 Å². The van der Waals surface area contributed by atoms with Crippen molar-refractivity contribution in [1.29, 1.82) is 0 Å². The van der Waals surface area contributed by atoms with E-state index in [0.29, 0.717) is 6.04 Å². The Morgan fingerprint density at radius 3 is 2.64 bits per heavy atom. The SMILES string of the molecule is Brc1ccc(CN[C@H]2CCCc3c2cnn3Cc2ccccc2)cc1. The van der Waals surface area contributed by atoms with Crippen molar-refractivity contribution in [3.05, 3.63) is 87.7 Å². The first-order chi connectivity index (χ1) is 12.3. The number of nitrogens with one attached hydrogen (secondary N) is 1. The number of fused-ring (bicyclic) bond motifs is 1. The zero-order valence-electron chi connectivity index (χ0n) is 14.2. The van der Waals surface area contributed by atoms with Crippen molar-refractivity contribution < 1.29 is 0 Å². The van der Waals surface area contributed by atoms with Crippen LogP contribution in [0.3, 0.4) is 0 Å². The summed E-state index contributed by atoms with van der Waals surface area (Å²) >= 11 is 3.49. The Morgan fingerprint density at radius 2 is 1.84 bits per heavy atom. The second-order valence-corrected chi connectivity index (χ2v) is 7.56. The molecule has 128 valence electrons. The lowest BCUT2D eigenvalue weighted by molar-refractivity contribution is 0.449. The van der Waals surface area contributed by atoms with Crippen LogP contribution in [0.4, 0.5) is 0 Å². The number of aromatic nitrogens is 2. The molecule has 0 aliphatic heterocycles. The number of nitrogens with zero attached hydrogens (tertiary/aromatic N) is 2. The van der Waals surface area contributed by atoms with Crippen molar-refractivity contribution in [3.63, 3.8) is 0 Å². The quantitative estimate of drug-likeness (QED) is 0.668. The fraction of sp³-hybridized carbons (Fsp3) is 0.286. The number of halogens is 1. The summed E-state index contributed by atoms with van der Waals surface area (Å²) in [6.45, 7) is 1.75. The van der Waals surface area contributed by atoms with Gasteiger partial charge in [0.1, 0.15) is 0 Å². The van der Waals surface area contributed by atoms with Crippen LogP contribution >= 0.6 is 15.9 Å². The van der Waals surface area contributed by atoms with Gasteiger partial charge < -0.3 is 5.32 Å². The number of hydrogen-bond donors (Lipinski definition) is 1. The summed E-state index contributed by atoms with van der Waals surface area (Å²) in [7, 11) is 0. The van der Waals surface area contributed by atoms with E-state index in [0.717, 1.165) is 24.0 Å². The Bertz CT molecular complexity index is 824. The van der Waals surface area contributed by atoms with Crippen LogP contribution in [0, 0.1) is 0 Å². The Morgan fingerprint density at radius 1 is 1.04 bits per heavy atom. The smallest absolute Gasteiger partial charge is 0.0662 e. The first-order valence-corrected chi connectivity index (χ1v) is 9.65. The molecular weight excluding hydrogens is 374 g/mol. The summed E-state index contributed by atoms with van der Waals surface area (Å²) in [5, 5.41) is 8.40. The summed E-state index contributed by atoms with van der Waals surface area (Å²) in [6.07, 6.45) is 5.58. The first-order valence-electron chi connectivity index (χ1n) is 8.86. The molecule has 1 N–H and O–H groups in total. The van der Waals surface area contributed by atoms with Gasteiger partial charge in [0.05, 0.1) is 12.7 Å². The molecule has 1 aromatic heterocycles. The van der Waals surface area contributed by atoms with Crippen molar-refractivity contribution in [2.24, 2.45) is 0 Å². The molecule has 1 atom stereocenters. The lowest BCUT2D eigenvalue weighted by Crippen LogP contribution is -2.25. The van der Waals surface area contributed by atoms with Gasteiger partial charge >= 0.3 is 0 Å².